The molecule has 0 saturated carbocycles. The maximum absolute atomic E-state index is 11.5. The maximum atomic E-state index is 11.5. The van der Waals surface area contributed by atoms with Gasteiger partial charge >= 0.3 is 0 Å². The number of nitrogens with zero attached hydrogens (tertiary/aromatic N) is 3. The molecule has 1 aliphatic rings. The highest BCUT2D eigenvalue weighted by Gasteiger charge is 2.32. The number of H-pyrrole nitrogens is 1. The minimum atomic E-state index is 0.0454. The fraction of sp³-hybridized carbons (Fsp3) is 0.400. The van der Waals surface area contributed by atoms with Crippen molar-refractivity contribution < 1.29 is 9.90 Å². The zero-order valence-corrected chi connectivity index (χ0v) is 12.6. The second-order valence-electron chi connectivity index (χ2n) is 5.54. The molecule has 0 spiro atoms. The monoisotopic (exact) mass is 301 g/mol. The van der Waals surface area contributed by atoms with Crippen LogP contribution in [0.5, 0.6) is 5.75 Å². The quantitative estimate of drug-likeness (QED) is 0.771. The van der Waals surface area contributed by atoms with Gasteiger partial charge in [0.1, 0.15) is 11.6 Å². The third-order valence-corrected chi connectivity index (χ3v) is 4.02. The van der Waals surface area contributed by atoms with Crippen molar-refractivity contribution in [2.75, 3.05) is 20.1 Å². The van der Waals surface area contributed by atoms with E-state index >= 15 is 0 Å². The average molecular weight is 301 g/mol. The van der Waals surface area contributed by atoms with E-state index in [1.807, 2.05) is 0 Å². The number of aromatic nitrogens is 3. The van der Waals surface area contributed by atoms with Gasteiger partial charge < -0.3 is 15.4 Å². The third-order valence-electron chi connectivity index (χ3n) is 4.02. The molecule has 7 nitrogen and oxygen atoms in total. The van der Waals surface area contributed by atoms with Crippen molar-refractivity contribution in [1.82, 2.24) is 25.2 Å². The summed E-state index contributed by atoms with van der Waals surface area (Å²) in [6.45, 7) is 3.82. The summed E-state index contributed by atoms with van der Waals surface area (Å²) in [5, 5.41) is 13.0. The third kappa shape index (κ3) is 2.55. The minimum absolute atomic E-state index is 0.0454. The van der Waals surface area contributed by atoms with Gasteiger partial charge in [-0.1, -0.05) is 0 Å². The predicted octanol–water partition coefficient (Wildman–Crippen LogP) is 0.664. The number of carbonyl (C=O) groups is 1. The Morgan fingerprint density at radius 3 is 2.91 bits per heavy atom. The van der Waals surface area contributed by atoms with Gasteiger partial charge in [-0.15, -0.1) is 0 Å². The number of pyridine rings is 1. The van der Waals surface area contributed by atoms with Gasteiger partial charge in [0.15, 0.2) is 0 Å². The van der Waals surface area contributed by atoms with Crippen LogP contribution in [0.3, 0.4) is 0 Å². The zero-order valence-electron chi connectivity index (χ0n) is 12.6. The van der Waals surface area contributed by atoms with Gasteiger partial charge in [-0.05, 0) is 12.5 Å². The Labute approximate surface area is 128 Å². The van der Waals surface area contributed by atoms with Crippen molar-refractivity contribution in [2.45, 2.75) is 13.5 Å². The smallest absolute Gasteiger partial charge is 0.225 e. The molecule has 2 aromatic rings. The predicted molar refractivity (Wildman–Crippen MR) is 81.1 cm³/mol. The van der Waals surface area contributed by atoms with Gasteiger partial charge in [0, 0.05) is 45.3 Å². The second kappa shape index (κ2) is 5.76. The van der Waals surface area contributed by atoms with Gasteiger partial charge in [0.25, 0.3) is 0 Å². The van der Waals surface area contributed by atoms with E-state index in [1.165, 1.54) is 0 Å². The summed E-state index contributed by atoms with van der Waals surface area (Å²) in [4.78, 5) is 25.2. The molecule has 3 rings (SSSR count). The number of hydrogen-bond donors (Lipinski definition) is 3. The largest absolute Gasteiger partial charge is 0.505 e. The fourth-order valence-electron chi connectivity index (χ4n) is 2.73. The molecule has 1 aliphatic heterocycles. The van der Waals surface area contributed by atoms with Crippen LogP contribution in [0, 0.1) is 12.8 Å². The zero-order chi connectivity index (χ0) is 15.7. The SMILES string of the molecule is CNC(=O)C1CN(Cc2cnc(C)c(O)c2-c2ncc[nH]2)C1. The first-order valence-corrected chi connectivity index (χ1v) is 7.21. The van der Waals surface area contributed by atoms with Crippen molar-refractivity contribution in [3.8, 4) is 17.1 Å². The lowest BCUT2D eigenvalue weighted by atomic mass is 9.97. The number of nitrogens with one attached hydrogen (secondary N) is 2. The molecule has 3 heterocycles. The summed E-state index contributed by atoms with van der Waals surface area (Å²) >= 11 is 0. The Bertz CT molecular complexity index is 677. The van der Waals surface area contributed by atoms with E-state index in [9.17, 15) is 9.90 Å². The standard InChI is InChI=1S/C15H19N5O2/c1-9-13(21)12(14-17-3-4-18-14)10(5-19-9)6-20-7-11(8-20)15(22)16-2/h3-5,11,21H,6-8H2,1-2H3,(H,16,22)(H,17,18). The first-order valence-electron chi connectivity index (χ1n) is 7.21. The lowest BCUT2D eigenvalue weighted by Gasteiger charge is -2.38. The van der Waals surface area contributed by atoms with Crippen molar-refractivity contribution in [2.24, 2.45) is 5.92 Å². The molecule has 0 bridgehead atoms. The molecule has 1 fully saturated rings. The Morgan fingerprint density at radius 1 is 1.50 bits per heavy atom. The molecule has 22 heavy (non-hydrogen) atoms. The summed E-state index contributed by atoms with van der Waals surface area (Å²) in [7, 11) is 1.65. The van der Waals surface area contributed by atoms with Gasteiger partial charge in [0.2, 0.25) is 5.91 Å². The molecule has 0 aliphatic carbocycles. The van der Waals surface area contributed by atoms with Crippen LogP contribution in [0.1, 0.15) is 11.3 Å². The molecule has 3 N–H and O–H groups in total. The van der Waals surface area contributed by atoms with E-state index in [0.717, 1.165) is 5.56 Å². The maximum Gasteiger partial charge on any atom is 0.225 e. The molecule has 1 amide bonds. The van der Waals surface area contributed by atoms with E-state index in [4.69, 9.17) is 0 Å². The van der Waals surface area contributed by atoms with Gasteiger partial charge in [0.05, 0.1) is 17.2 Å². The molecule has 0 unspecified atom stereocenters. The van der Waals surface area contributed by atoms with E-state index in [-0.39, 0.29) is 17.6 Å². The first-order chi connectivity index (χ1) is 10.6. The summed E-state index contributed by atoms with van der Waals surface area (Å²) < 4.78 is 0. The van der Waals surface area contributed by atoms with Crippen LogP contribution in [-0.2, 0) is 11.3 Å². The number of likely N-dealkylation sites (tertiary alicyclic amines) is 1. The number of aromatic amines is 1. The lowest BCUT2D eigenvalue weighted by Crippen LogP contribution is -2.52. The molecule has 0 aromatic carbocycles. The fourth-order valence-corrected chi connectivity index (χ4v) is 2.73. The minimum Gasteiger partial charge on any atom is -0.505 e. The number of aromatic hydroxyl groups is 1. The number of aryl methyl sites for hydroxylation is 1. The number of amides is 1. The summed E-state index contributed by atoms with van der Waals surface area (Å²) in [6, 6.07) is 0. The van der Waals surface area contributed by atoms with Crippen LogP contribution in [-0.4, -0.2) is 51.0 Å². The molecular formula is C15H19N5O2. The first kappa shape index (κ1) is 14.5. The Kier molecular flexibility index (Phi) is 3.81. The number of rotatable bonds is 4. The van der Waals surface area contributed by atoms with Crippen LogP contribution in [0.4, 0.5) is 0 Å². The number of hydrogen-bond acceptors (Lipinski definition) is 5. The highest BCUT2D eigenvalue weighted by molar-refractivity contribution is 5.79. The van der Waals surface area contributed by atoms with E-state index in [0.29, 0.717) is 36.7 Å². The molecule has 0 radical (unpaired) electrons. The highest BCUT2D eigenvalue weighted by atomic mass is 16.3. The van der Waals surface area contributed by atoms with Gasteiger partial charge in [-0.2, -0.15) is 0 Å². The molecular weight excluding hydrogens is 282 g/mol. The van der Waals surface area contributed by atoms with E-state index < -0.39 is 0 Å². The molecule has 116 valence electrons. The van der Waals surface area contributed by atoms with Crippen LogP contribution >= 0.6 is 0 Å². The number of imidazole rings is 1. The Balaban J connectivity index is 1.81. The molecule has 0 atom stereocenters. The highest BCUT2D eigenvalue weighted by Crippen LogP contribution is 2.33. The van der Waals surface area contributed by atoms with Gasteiger partial charge in [-0.3, -0.25) is 14.7 Å². The van der Waals surface area contributed by atoms with Crippen molar-refractivity contribution in [3.63, 3.8) is 0 Å². The van der Waals surface area contributed by atoms with Crippen LogP contribution in [0.2, 0.25) is 0 Å². The number of carbonyl (C=O) groups excluding carboxylic acids is 1. The Morgan fingerprint density at radius 2 is 2.27 bits per heavy atom. The summed E-state index contributed by atoms with van der Waals surface area (Å²) in [6.07, 6.45) is 5.14. The average Bonchev–Trinajstić information content (AvgIpc) is 2.99. The lowest BCUT2D eigenvalue weighted by molar-refractivity contribution is -0.129. The van der Waals surface area contributed by atoms with Crippen LogP contribution < -0.4 is 5.32 Å². The van der Waals surface area contributed by atoms with Crippen LogP contribution in [0.25, 0.3) is 11.4 Å². The topological polar surface area (TPSA) is 94.1 Å². The van der Waals surface area contributed by atoms with E-state index in [1.54, 1.807) is 32.6 Å². The molecule has 7 heteroatoms. The second-order valence-corrected chi connectivity index (χ2v) is 5.54. The van der Waals surface area contributed by atoms with E-state index in [2.05, 4.69) is 25.2 Å². The summed E-state index contributed by atoms with van der Waals surface area (Å²) in [5.74, 6) is 0.897. The van der Waals surface area contributed by atoms with Crippen LogP contribution in [0.15, 0.2) is 18.6 Å². The van der Waals surface area contributed by atoms with Gasteiger partial charge in [-0.25, -0.2) is 4.98 Å². The summed E-state index contributed by atoms with van der Waals surface area (Å²) in [5.41, 5.74) is 2.15. The normalized spacial score (nSPS) is 15.5. The molecule has 2 aromatic heterocycles. The van der Waals surface area contributed by atoms with Crippen molar-refractivity contribution in [3.05, 3.63) is 29.8 Å². The molecule has 1 saturated heterocycles. The van der Waals surface area contributed by atoms with Crippen molar-refractivity contribution >= 4 is 5.91 Å². The van der Waals surface area contributed by atoms with Crippen molar-refractivity contribution in [1.29, 1.82) is 0 Å². The Hall–Kier alpha value is -2.41.